The third-order valence-corrected chi connectivity index (χ3v) is 5.54. The van der Waals surface area contributed by atoms with Crippen molar-refractivity contribution in [3.63, 3.8) is 0 Å². The fourth-order valence-corrected chi connectivity index (χ4v) is 3.98. The Morgan fingerprint density at radius 2 is 1.86 bits per heavy atom. The number of nitrogens with zero attached hydrogens (tertiary/aromatic N) is 3. The number of benzene rings is 3. The van der Waals surface area contributed by atoms with Gasteiger partial charge in [0.2, 0.25) is 0 Å². The number of carbonyl (C=O) groups excluding carboxylic acids is 1. The Kier molecular flexibility index (Phi) is 5.25. The van der Waals surface area contributed by atoms with Crippen molar-refractivity contribution in [3.05, 3.63) is 87.8 Å². The van der Waals surface area contributed by atoms with E-state index in [4.69, 9.17) is 4.42 Å². The molecule has 0 fully saturated rings. The minimum atomic E-state index is -1.23. The Bertz CT molecular complexity index is 1650. The van der Waals surface area contributed by atoms with Crippen LogP contribution in [-0.2, 0) is 13.6 Å². The number of rotatable bonds is 5. The standard InChI is InChI=1S/C25H18N4O6/c1-29-12-14(27-28-29)11-26-24(32)13-2-5-17(20(8-13)25(33)34)23-18-6-3-15(30)9-21(18)35-22-10-16(31)4-7-19(22)23/h2-10,12,30H,11H2,1H3,(H,26,32)(H,33,34). The van der Waals surface area contributed by atoms with Gasteiger partial charge in [0.25, 0.3) is 5.91 Å². The average Bonchev–Trinajstić information content (AvgIpc) is 3.25. The van der Waals surface area contributed by atoms with Gasteiger partial charge in [-0.3, -0.25) is 14.3 Å². The Morgan fingerprint density at radius 3 is 2.60 bits per heavy atom. The molecular weight excluding hydrogens is 452 g/mol. The molecule has 0 radical (unpaired) electrons. The van der Waals surface area contributed by atoms with Gasteiger partial charge in [-0.2, -0.15) is 0 Å². The Labute approximate surface area is 197 Å². The maximum absolute atomic E-state index is 12.7. The molecule has 3 N–H and O–H groups in total. The summed E-state index contributed by atoms with van der Waals surface area (Å²) in [6, 6.07) is 13.1. The molecule has 0 spiro atoms. The zero-order valence-electron chi connectivity index (χ0n) is 18.3. The largest absolute Gasteiger partial charge is 0.508 e. The Hall–Kier alpha value is -4.99. The van der Waals surface area contributed by atoms with Gasteiger partial charge in [0.15, 0.2) is 5.43 Å². The zero-order chi connectivity index (χ0) is 24.7. The van der Waals surface area contributed by atoms with Crippen LogP contribution >= 0.6 is 0 Å². The average molecular weight is 470 g/mol. The first kappa shape index (κ1) is 21.8. The highest BCUT2D eigenvalue weighted by Gasteiger charge is 2.23. The second-order valence-electron chi connectivity index (χ2n) is 7.95. The number of carboxylic acids is 1. The molecular formula is C25H18N4O6. The van der Waals surface area contributed by atoms with Crippen LogP contribution in [0, 0.1) is 0 Å². The fourth-order valence-electron chi connectivity index (χ4n) is 3.98. The van der Waals surface area contributed by atoms with Crippen molar-refractivity contribution in [3.8, 4) is 28.2 Å². The number of hydrogen-bond donors (Lipinski definition) is 3. The first-order valence-electron chi connectivity index (χ1n) is 10.5. The van der Waals surface area contributed by atoms with E-state index in [9.17, 15) is 24.6 Å². The van der Waals surface area contributed by atoms with Crippen LogP contribution in [0.2, 0.25) is 0 Å². The number of carboxylic acid groups (broad SMARTS) is 1. The monoisotopic (exact) mass is 470 g/mol. The second kappa shape index (κ2) is 8.41. The number of fused-ring (bicyclic) bond motifs is 2. The van der Waals surface area contributed by atoms with Crippen LogP contribution in [0.3, 0.4) is 0 Å². The molecule has 2 aromatic carbocycles. The van der Waals surface area contributed by atoms with Crippen molar-refractivity contribution in [1.82, 2.24) is 20.3 Å². The third kappa shape index (κ3) is 4.08. The number of nitrogens with one attached hydrogen (secondary N) is 1. The molecule has 10 heteroatoms. The molecule has 0 bridgehead atoms. The molecule has 0 saturated carbocycles. The van der Waals surface area contributed by atoms with Gasteiger partial charge in [0, 0.05) is 47.5 Å². The normalized spacial score (nSPS) is 11.1. The quantitative estimate of drug-likeness (QED) is 0.332. The highest BCUT2D eigenvalue weighted by Crippen LogP contribution is 2.42. The van der Waals surface area contributed by atoms with E-state index < -0.39 is 11.9 Å². The summed E-state index contributed by atoms with van der Waals surface area (Å²) < 4.78 is 7.33. The van der Waals surface area contributed by atoms with Crippen LogP contribution in [0.25, 0.3) is 33.4 Å². The summed E-state index contributed by atoms with van der Waals surface area (Å²) in [5.74, 6) is -1.50. The van der Waals surface area contributed by atoms with Gasteiger partial charge in [-0.05, 0) is 42.0 Å². The molecule has 0 unspecified atom stereocenters. The van der Waals surface area contributed by atoms with Gasteiger partial charge in [-0.15, -0.1) is 5.10 Å². The lowest BCUT2D eigenvalue weighted by Crippen LogP contribution is -2.23. The van der Waals surface area contributed by atoms with Crippen molar-refractivity contribution in [2.45, 2.75) is 6.54 Å². The minimum Gasteiger partial charge on any atom is -0.508 e. The van der Waals surface area contributed by atoms with E-state index in [-0.39, 0.29) is 40.2 Å². The Morgan fingerprint density at radius 1 is 1.06 bits per heavy atom. The second-order valence-corrected chi connectivity index (χ2v) is 7.95. The van der Waals surface area contributed by atoms with Gasteiger partial charge in [0.1, 0.15) is 22.8 Å². The number of aromatic nitrogens is 3. The molecule has 0 saturated heterocycles. The first-order chi connectivity index (χ1) is 16.8. The molecule has 10 nitrogen and oxygen atoms in total. The molecule has 2 heterocycles. The van der Waals surface area contributed by atoms with Crippen LogP contribution in [0.5, 0.6) is 5.75 Å². The van der Waals surface area contributed by atoms with Crippen LogP contribution in [0.1, 0.15) is 26.4 Å². The van der Waals surface area contributed by atoms with Crippen LogP contribution < -0.4 is 10.7 Å². The number of aryl methyl sites for hydroxylation is 1. The van der Waals surface area contributed by atoms with Crippen LogP contribution in [0.15, 0.2) is 70.0 Å². The lowest BCUT2D eigenvalue weighted by molar-refractivity contribution is 0.0697. The van der Waals surface area contributed by atoms with Crippen molar-refractivity contribution in [2.24, 2.45) is 7.05 Å². The molecule has 1 aromatic heterocycles. The van der Waals surface area contributed by atoms with Gasteiger partial charge in [0.05, 0.1) is 12.1 Å². The number of amides is 1. The highest BCUT2D eigenvalue weighted by atomic mass is 16.4. The summed E-state index contributed by atoms with van der Waals surface area (Å²) in [5, 5.41) is 30.9. The van der Waals surface area contributed by atoms with Crippen LogP contribution in [-0.4, -0.2) is 37.1 Å². The summed E-state index contributed by atoms with van der Waals surface area (Å²) in [4.78, 5) is 36.9. The molecule has 0 atom stereocenters. The SMILES string of the molecule is Cn1cc(CNC(=O)c2ccc(-c3c4ccc(=O)cc-4oc4cc(O)ccc34)c(C(=O)O)c2)nn1. The van der Waals surface area contributed by atoms with Crippen molar-refractivity contribution < 1.29 is 24.2 Å². The van der Waals surface area contributed by atoms with E-state index in [0.717, 1.165) is 0 Å². The predicted molar refractivity (Wildman–Crippen MR) is 125 cm³/mol. The molecule has 2 aliphatic rings. The molecule has 5 rings (SSSR count). The van der Waals surface area contributed by atoms with E-state index in [1.807, 2.05) is 0 Å². The van der Waals surface area contributed by atoms with Gasteiger partial charge in [-0.25, -0.2) is 4.79 Å². The molecule has 35 heavy (non-hydrogen) atoms. The van der Waals surface area contributed by atoms with Crippen molar-refractivity contribution in [2.75, 3.05) is 0 Å². The van der Waals surface area contributed by atoms with Gasteiger partial charge in [-0.1, -0.05) is 11.3 Å². The van der Waals surface area contributed by atoms with Crippen molar-refractivity contribution >= 4 is 22.8 Å². The maximum atomic E-state index is 12.7. The number of aromatic hydroxyl groups is 1. The highest BCUT2D eigenvalue weighted by molar-refractivity contribution is 6.09. The number of phenolic OH excluding ortho intramolecular Hbond substituents is 1. The van der Waals surface area contributed by atoms with Crippen molar-refractivity contribution in [1.29, 1.82) is 0 Å². The zero-order valence-corrected chi connectivity index (χ0v) is 18.3. The maximum Gasteiger partial charge on any atom is 0.336 e. The summed E-state index contributed by atoms with van der Waals surface area (Å²) >= 11 is 0. The van der Waals surface area contributed by atoms with E-state index >= 15 is 0 Å². The number of phenols is 1. The fraction of sp³-hybridized carbons (Fsp3) is 0.0800. The summed E-state index contributed by atoms with van der Waals surface area (Å²) in [6.07, 6.45) is 1.66. The number of aromatic carboxylic acids is 1. The summed E-state index contributed by atoms with van der Waals surface area (Å²) in [5.41, 5.74) is 1.96. The molecule has 1 amide bonds. The summed E-state index contributed by atoms with van der Waals surface area (Å²) in [7, 11) is 1.71. The first-order valence-corrected chi connectivity index (χ1v) is 10.5. The topological polar surface area (TPSA) is 148 Å². The number of carbonyl (C=O) groups is 2. The molecule has 3 aromatic rings. The van der Waals surface area contributed by atoms with Gasteiger partial charge >= 0.3 is 5.97 Å². The minimum absolute atomic E-state index is 0.0431. The smallest absolute Gasteiger partial charge is 0.336 e. The molecule has 174 valence electrons. The lowest BCUT2D eigenvalue weighted by atomic mass is 9.90. The third-order valence-electron chi connectivity index (χ3n) is 5.54. The summed E-state index contributed by atoms with van der Waals surface area (Å²) in [6.45, 7) is 0.132. The number of hydrogen-bond acceptors (Lipinski definition) is 7. The molecule has 1 aliphatic heterocycles. The molecule has 1 aliphatic carbocycles. The predicted octanol–water partition coefficient (Wildman–Crippen LogP) is 3.03. The van der Waals surface area contributed by atoms with Gasteiger partial charge < -0.3 is 19.9 Å². The Balaban J connectivity index is 1.64. The van der Waals surface area contributed by atoms with E-state index in [2.05, 4.69) is 15.6 Å². The van der Waals surface area contributed by atoms with E-state index in [0.29, 0.717) is 27.8 Å². The lowest BCUT2D eigenvalue weighted by Gasteiger charge is -2.17. The van der Waals surface area contributed by atoms with Crippen LogP contribution in [0.4, 0.5) is 0 Å². The van der Waals surface area contributed by atoms with E-state index in [1.54, 1.807) is 31.4 Å². The van der Waals surface area contributed by atoms with E-state index in [1.165, 1.54) is 41.1 Å².